The smallest absolute Gasteiger partial charge is 0.466 e. The molecule has 6 aromatic carbocycles. The van der Waals surface area contributed by atoms with Crippen LogP contribution >= 0.6 is 0 Å². The quantitative estimate of drug-likeness (QED) is 0.156. The maximum Gasteiger partial charge on any atom is 2.00 e. The van der Waals surface area contributed by atoms with Crippen LogP contribution in [0.15, 0.2) is 176 Å². The first-order valence-corrected chi connectivity index (χ1v) is 18.9. The number of para-hydroxylation sites is 1. The molecular formula is C52H38N2OPt. The van der Waals surface area contributed by atoms with Gasteiger partial charge in [-0.1, -0.05) is 124 Å². The molecule has 2 aromatic heterocycles. The molecule has 0 N–H and O–H groups in total. The minimum Gasteiger partial charge on any atom is -0.466 e. The first-order chi connectivity index (χ1) is 26.9. The average molecular weight is 902 g/mol. The van der Waals surface area contributed by atoms with E-state index in [-0.39, 0.29) is 26.5 Å². The van der Waals surface area contributed by atoms with E-state index in [0.717, 1.165) is 28.1 Å². The second kappa shape index (κ2) is 13.7. The Balaban J connectivity index is 0.00000410. The van der Waals surface area contributed by atoms with Crippen LogP contribution in [0.2, 0.25) is 0 Å². The van der Waals surface area contributed by atoms with Crippen LogP contribution in [-0.4, -0.2) is 9.97 Å². The zero-order chi connectivity index (χ0) is 37.2. The van der Waals surface area contributed by atoms with E-state index in [0.29, 0.717) is 11.6 Å². The van der Waals surface area contributed by atoms with E-state index < -0.39 is 10.8 Å². The first kappa shape index (κ1) is 35.8. The van der Waals surface area contributed by atoms with Crippen LogP contribution in [0, 0.1) is 12.1 Å². The van der Waals surface area contributed by atoms with E-state index in [1.807, 2.05) is 36.5 Å². The van der Waals surface area contributed by atoms with Gasteiger partial charge in [0.05, 0.1) is 22.2 Å². The van der Waals surface area contributed by atoms with Crippen LogP contribution in [0.4, 0.5) is 0 Å². The summed E-state index contributed by atoms with van der Waals surface area (Å²) >= 11 is 0. The van der Waals surface area contributed by atoms with Gasteiger partial charge in [-0.3, -0.25) is 4.98 Å². The maximum absolute atomic E-state index is 6.54. The van der Waals surface area contributed by atoms with Gasteiger partial charge in [-0.05, 0) is 73.7 Å². The normalized spacial score (nSPS) is 14.1. The van der Waals surface area contributed by atoms with Crippen molar-refractivity contribution < 1.29 is 25.8 Å². The van der Waals surface area contributed by atoms with E-state index in [2.05, 4.69) is 172 Å². The van der Waals surface area contributed by atoms with Gasteiger partial charge in [0, 0.05) is 18.0 Å². The van der Waals surface area contributed by atoms with Crippen molar-refractivity contribution in [2.45, 2.75) is 37.0 Å². The average Bonchev–Trinajstić information content (AvgIpc) is 3.70. The van der Waals surface area contributed by atoms with Crippen LogP contribution in [0.5, 0.6) is 11.6 Å². The first-order valence-electron chi connectivity index (χ1n) is 18.9. The molecule has 0 saturated carbocycles. The summed E-state index contributed by atoms with van der Waals surface area (Å²) in [7, 11) is 0. The van der Waals surface area contributed by atoms with Crippen molar-refractivity contribution in [1.29, 1.82) is 0 Å². The fourth-order valence-electron chi connectivity index (χ4n) is 9.11. The third-order valence-electron chi connectivity index (χ3n) is 11.5. The van der Waals surface area contributed by atoms with Gasteiger partial charge in [0.25, 0.3) is 0 Å². The standard InChI is InChI=1S/C52H38N2O.Pt/c1-50(2,3)37-33-48(54-49(34-37)55-38-20-5-4-6-21-38)52(45-28-13-9-24-41(45)42-25-10-14-29-46(42)52)36-19-17-18-35(32-36)51(47-30-15-16-31-53-47)43-26-11-7-22-39(43)40-23-8-12-27-44(40)51;/h4-20,22-31,33-34H,1-3H3;/q-2;+2. The molecule has 0 amide bonds. The molecule has 3 nitrogen and oxygen atoms in total. The summed E-state index contributed by atoms with van der Waals surface area (Å²) in [6.45, 7) is 6.73. The van der Waals surface area contributed by atoms with Crippen LogP contribution in [-0.2, 0) is 37.3 Å². The number of hydrogen-bond donors (Lipinski definition) is 0. The number of aromatic nitrogens is 2. The minimum atomic E-state index is -0.827. The van der Waals surface area contributed by atoms with Gasteiger partial charge in [0.1, 0.15) is 0 Å². The van der Waals surface area contributed by atoms with E-state index in [9.17, 15) is 0 Å². The van der Waals surface area contributed by atoms with Gasteiger partial charge >= 0.3 is 21.1 Å². The van der Waals surface area contributed by atoms with Gasteiger partial charge in [-0.15, -0.1) is 23.3 Å². The maximum atomic E-state index is 6.54. The molecule has 2 heterocycles. The molecule has 0 fully saturated rings. The molecule has 0 spiro atoms. The molecule has 0 aliphatic heterocycles. The summed E-state index contributed by atoms with van der Waals surface area (Å²) in [6.07, 6.45) is 1.91. The van der Waals surface area contributed by atoms with Gasteiger partial charge in [0.15, 0.2) is 0 Å². The molecule has 0 saturated heterocycles. The Morgan fingerprint density at radius 3 is 1.50 bits per heavy atom. The minimum absolute atomic E-state index is 0. The molecule has 2 aliphatic carbocycles. The van der Waals surface area contributed by atoms with Crippen LogP contribution in [0.3, 0.4) is 0 Å². The zero-order valence-corrected chi connectivity index (χ0v) is 33.6. The number of hydrogen-bond acceptors (Lipinski definition) is 3. The Morgan fingerprint density at radius 1 is 0.518 bits per heavy atom. The predicted octanol–water partition coefficient (Wildman–Crippen LogP) is 11.9. The van der Waals surface area contributed by atoms with Gasteiger partial charge in [0.2, 0.25) is 5.88 Å². The molecule has 272 valence electrons. The zero-order valence-electron chi connectivity index (χ0n) is 31.4. The SMILES string of the molecule is CC(C)(C)c1cc(Oc2[c-]cccc2)nc(C2(c3[c-]c(C4(c5ccccn5)c5ccccc5-c5ccccc54)ccc3)c3ccccc3-c3ccccc32)c1.[Pt+2]. The van der Waals surface area contributed by atoms with E-state index in [4.69, 9.17) is 14.7 Å². The molecule has 0 unspecified atom stereocenters. The second-order valence-electron chi connectivity index (χ2n) is 15.5. The second-order valence-corrected chi connectivity index (χ2v) is 15.5. The summed E-state index contributed by atoms with van der Waals surface area (Å²) in [4.78, 5) is 10.6. The van der Waals surface area contributed by atoms with Crippen LogP contribution in [0.1, 0.15) is 71.1 Å². The van der Waals surface area contributed by atoms with E-state index >= 15 is 0 Å². The van der Waals surface area contributed by atoms with Gasteiger partial charge in [-0.25, -0.2) is 4.98 Å². The number of pyridine rings is 2. The van der Waals surface area contributed by atoms with Crippen molar-refractivity contribution in [3.05, 3.63) is 239 Å². The molecular weight excluding hydrogens is 864 g/mol. The monoisotopic (exact) mass is 901 g/mol. The fourth-order valence-corrected chi connectivity index (χ4v) is 9.11. The summed E-state index contributed by atoms with van der Waals surface area (Å²) in [5, 5.41) is 0. The Bertz CT molecular complexity index is 2640. The predicted molar refractivity (Wildman–Crippen MR) is 220 cm³/mol. The Kier molecular flexibility index (Phi) is 8.75. The summed E-state index contributed by atoms with van der Waals surface area (Å²) < 4.78 is 6.54. The molecule has 56 heavy (non-hydrogen) atoms. The van der Waals surface area contributed by atoms with Crippen LogP contribution in [0.25, 0.3) is 22.3 Å². The Morgan fingerprint density at radius 2 is 1.02 bits per heavy atom. The van der Waals surface area contributed by atoms with Gasteiger partial charge < -0.3 is 4.74 Å². The van der Waals surface area contributed by atoms with Crippen molar-refractivity contribution >= 4 is 0 Å². The van der Waals surface area contributed by atoms with Crippen molar-refractivity contribution in [3.8, 4) is 33.9 Å². The topological polar surface area (TPSA) is 35.0 Å². The van der Waals surface area contributed by atoms with Crippen molar-refractivity contribution in [2.24, 2.45) is 0 Å². The Labute approximate surface area is 343 Å². The third-order valence-corrected chi connectivity index (χ3v) is 11.5. The van der Waals surface area contributed by atoms with E-state index in [1.54, 1.807) is 0 Å². The van der Waals surface area contributed by atoms with Crippen molar-refractivity contribution in [2.75, 3.05) is 0 Å². The summed E-state index contributed by atoms with van der Waals surface area (Å²) in [5.41, 5.74) is 12.8. The molecule has 0 radical (unpaired) electrons. The number of benzene rings is 6. The third kappa shape index (κ3) is 5.29. The number of fused-ring (bicyclic) bond motifs is 6. The number of rotatable bonds is 6. The molecule has 10 rings (SSSR count). The number of ether oxygens (including phenoxy) is 1. The van der Waals surface area contributed by atoms with Crippen LogP contribution < -0.4 is 4.74 Å². The van der Waals surface area contributed by atoms with Crippen molar-refractivity contribution in [3.63, 3.8) is 0 Å². The summed E-state index contributed by atoms with van der Waals surface area (Å²) in [6, 6.07) is 67.5. The van der Waals surface area contributed by atoms with Crippen molar-refractivity contribution in [1.82, 2.24) is 9.97 Å². The van der Waals surface area contributed by atoms with E-state index in [1.165, 1.54) is 44.5 Å². The molecule has 2 aliphatic rings. The van der Waals surface area contributed by atoms with Gasteiger partial charge in [-0.2, -0.15) is 42.5 Å². The fraction of sp³-hybridized carbons (Fsp3) is 0.115. The molecule has 4 heteroatoms. The Hall–Kier alpha value is -5.89. The number of nitrogens with zero attached hydrogens (tertiary/aromatic N) is 2. The molecule has 0 bridgehead atoms. The molecule has 8 aromatic rings. The summed E-state index contributed by atoms with van der Waals surface area (Å²) in [5.74, 6) is 1.16. The largest absolute Gasteiger partial charge is 2.00 e. The molecule has 0 atom stereocenters.